The normalized spacial score (nSPS) is 9.08. The molecule has 0 aromatic rings. The second kappa shape index (κ2) is 7.50. The number of carbonyl (C=O) groups is 1. The molecule has 0 radical (unpaired) electrons. The van der Waals surface area contributed by atoms with Gasteiger partial charge in [0.15, 0.2) is 0 Å². The fraction of sp³-hybridized carbons (Fsp3) is 0.778. The van der Waals surface area contributed by atoms with E-state index in [-0.39, 0.29) is 5.71 Å². The van der Waals surface area contributed by atoms with E-state index in [1.807, 2.05) is 0 Å². The van der Waals surface area contributed by atoms with E-state index < -0.39 is 5.97 Å². The Morgan fingerprint density at radius 3 is 2.62 bits per heavy atom. The van der Waals surface area contributed by atoms with E-state index in [0.717, 1.165) is 25.7 Å². The van der Waals surface area contributed by atoms with Crippen LogP contribution in [0.4, 0.5) is 0 Å². The summed E-state index contributed by atoms with van der Waals surface area (Å²) in [6.07, 6.45) is 4.26. The van der Waals surface area contributed by atoms with E-state index in [1.165, 1.54) is 6.92 Å². The summed E-state index contributed by atoms with van der Waals surface area (Å²) in [4.78, 5) is 13.6. The van der Waals surface area contributed by atoms with Gasteiger partial charge in [0.1, 0.15) is 0 Å². The summed E-state index contributed by atoms with van der Waals surface area (Å²) in [5, 5.41) is 0. The minimum Gasteiger partial charge on any atom is -0.457 e. The van der Waals surface area contributed by atoms with Crippen LogP contribution in [0, 0.1) is 0 Å². The number of esters is 1. The Morgan fingerprint density at radius 1 is 1.38 bits per heavy atom. The molecule has 0 aromatic heterocycles. The second-order valence-corrected chi connectivity index (χ2v) is 2.88. The summed E-state index contributed by atoms with van der Waals surface area (Å²) in [5.41, 5.74) is 8.23. The van der Waals surface area contributed by atoms with Gasteiger partial charge >= 0.3 is 11.7 Å². The third kappa shape index (κ3) is 6.05. The number of hydrogen-bond acceptors (Lipinski definition) is 2. The van der Waals surface area contributed by atoms with Crippen LogP contribution in [-0.2, 0) is 9.53 Å². The van der Waals surface area contributed by atoms with Crippen LogP contribution < -0.4 is 0 Å². The zero-order valence-electron chi connectivity index (χ0n) is 8.25. The average molecular weight is 184 g/mol. The molecule has 0 saturated heterocycles. The van der Waals surface area contributed by atoms with Crippen molar-refractivity contribution in [2.45, 2.75) is 39.5 Å². The maximum atomic E-state index is 10.9. The van der Waals surface area contributed by atoms with Crippen LogP contribution in [0.3, 0.4) is 0 Å². The van der Waals surface area contributed by atoms with Crippen molar-refractivity contribution in [3.63, 3.8) is 0 Å². The Bertz CT molecular complexity index is 208. The topological polar surface area (TPSA) is 62.7 Å². The number of hydrogen-bond donors (Lipinski definition) is 0. The lowest BCUT2D eigenvalue weighted by Crippen LogP contribution is -2.15. The number of ether oxygens (including phenoxy) is 1. The van der Waals surface area contributed by atoms with Crippen molar-refractivity contribution in [3.8, 4) is 0 Å². The van der Waals surface area contributed by atoms with Crippen LogP contribution in [0.5, 0.6) is 0 Å². The highest BCUT2D eigenvalue weighted by atomic mass is 16.5. The molecule has 0 aliphatic carbocycles. The van der Waals surface area contributed by atoms with E-state index in [1.54, 1.807) is 0 Å². The molecule has 0 N–H and O–H groups in total. The predicted octanol–water partition coefficient (Wildman–Crippen LogP) is 1.80. The van der Waals surface area contributed by atoms with Gasteiger partial charge in [-0.1, -0.05) is 26.2 Å². The molecule has 0 bridgehead atoms. The molecule has 0 aliphatic rings. The van der Waals surface area contributed by atoms with E-state index in [9.17, 15) is 4.79 Å². The van der Waals surface area contributed by atoms with Gasteiger partial charge in [0.05, 0.1) is 6.61 Å². The Kier molecular flexibility index (Phi) is 6.83. The van der Waals surface area contributed by atoms with Crippen LogP contribution in [0.25, 0.3) is 5.53 Å². The van der Waals surface area contributed by atoms with E-state index in [0.29, 0.717) is 6.61 Å². The zero-order chi connectivity index (χ0) is 10.1. The van der Waals surface area contributed by atoms with Crippen molar-refractivity contribution in [3.05, 3.63) is 5.53 Å². The van der Waals surface area contributed by atoms with Crippen LogP contribution in [0.1, 0.15) is 39.5 Å². The lowest BCUT2D eigenvalue weighted by Gasteiger charge is -1.99. The highest BCUT2D eigenvalue weighted by molar-refractivity contribution is 6.32. The molecular formula is C9H16N2O2. The SMILES string of the molecule is CCCCCCOC(=O)C(C)=[N+]=[N-]. The first kappa shape index (κ1) is 11.8. The molecule has 0 atom stereocenters. The van der Waals surface area contributed by atoms with E-state index in [2.05, 4.69) is 11.7 Å². The maximum Gasteiger partial charge on any atom is 0.416 e. The van der Waals surface area contributed by atoms with Gasteiger partial charge in [0.25, 0.3) is 0 Å². The van der Waals surface area contributed by atoms with Crippen LogP contribution >= 0.6 is 0 Å². The molecule has 4 heteroatoms. The first-order valence-electron chi connectivity index (χ1n) is 4.58. The molecule has 0 fully saturated rings. The lowest BCUT2D eigenvalue weighted by atomic mass is 10.2. The molecule has 0 aliphatic heterocycles. The van der Waals surface area contributed by atoms with Gasteiger partial charge in [0.2, 0.25) is 0 Å². The molecular weight excluding hydrogens is 168 g/mol. The summed E-state index contributed by atoms with van der Waals surface area (Å²) < 4.78 is 4.81. The van der Waals surface area contributed by atoms with Gasteiger partial charge in [-0.2, -0.15) is 4.79 Å². The molecule has 74 valence electrons. The minimum atomic E-state index is -0.543. The summed E-state index contributed by atoms with van der Waals surface area (Å²) in [5.74, 6) is -0.543. The fourth-order valence-corrected chi connectivity index (χ4v) is 0.839. The van der Waals surface area contributed by atoms with Crippen molar-refractivity contribution >= 4 is 11.7 Å². The van der Waals surface area contributed by atoms with Crippen LogP contribution in [0.15, 0.2) is 0 Å². The van der Waals surface area contributed by atoms with Crippen molar-refractivity contribution < 1.29 is 14.3 Å². The smallest absolute Gasteiger partial charge is 0.416 e. The van der Waals surface area contributed by atoms with Gasteiger partial charge in [-0.05, 0) is 6.42 Å². The fourth-order valence-electron chi connectivity index (χ4n) is 0.839. The highest BCUT2D eigenvalue weighted by Gasteiger charge is 2.13. The van der Waals surface area contributed by atoms with Crippen LogP contribution in [-0.4, -0.2) is 23.1 Å². The van der Waals surface area contributed by atoms with Gasteiger partial charge in [-0.3, -0.25) is 0 Å². The number of carbonyl (C=O) groups excluding carboxylic acids is 1. The monoisotopic (exact) mass is 184 g/mol. The van der Waals surface area contributed by atoms with Gasteiger partial charge in [-0.15, -0.1) is 0 Å². The molecule has 0 saturated carbocycles. The minimum absolute atomic E-state index is 0.00417. The molecule has 0 aromatic carbocycles. The third-order valence-corrected chi connectivity index (χ3v) is 1.68. The predicted molar refractivity (Wildman–Crippen MR) is 49.4 cm³/mol. The summed E-state index contributed by atoms with van der Waals surface area (Å²) in [7, 11) is 0. The number of unbranched alkanes of at least 4 members (excludes halogenated alkanes) is 3. The standard InChI is InChI=1S/C9H16N2O2/c1-3-4-5-6-7-13-9(12)8(2)11-10/h3-7H2,1-2H3. The number of rotatable bonds is 6. The Hall–Kier alpha value is -1.15. The van der Waals surface area contributed by atoms with Crippen molar-refractivity contribution in [2.24, 2.45) is 0 Å². The molecule has 0 rings (SSSR count). The first-order chi connectivity index (χ1) is 6.22. The average Bonchev–Trinajstić information content (AvgIpc) is 2.16. The highest BCUT2D eigenvalue weighted by Crippen LogP contribution is 1.98. The van der Waals surface area contributed by atoms with E-state index in [4.69, 9.17) is 10.3 Å². The van der Waals surface area contributed by atoms with Crippen LogP contribution in [0.2, 0.25) is 0 Å². The molecule has 0 heterocycles. The first-order valence-corrected chi connectivity index (χ1v) is 4.58. The van der Waals surface area contributed by atoms with Gasteiger partial charge < -0.3 is 10.3 Å². The largest absolute Gasteiger partial charge is 0.457 e. The number of nitrogens with zero attached hydrogens (tertiary/aromatic N) is 2. The zero-order valence-corrected chi connectivity index (χ0v) is 8.25. The summed E-state index contributed by atoms with van der Waals surface area (Å²) in [6, 6.07) is 0. The molecule has 0 unspecified atom stereocenters. The Morgan fingerprint density at radius 2 is 2.08 bits per heavy atom. The van der Waals surface area contributed by atoms with Gasteiger partial charge in [-0.25, -0.2) is 4.79 Å². The van der Waals surface area contributed by atoms with Crippen molar-refractivity contribution in [1.82, 2.24) is 0 Å². The summed E-state index contributed by atoms with van der Waals surface area (Å²) >= 11 is 0. The van der Waals surface area contributed by atoms with E-state index >= 15 is 0 Å². The van der Waals surface area contributed by atoms with Gasteiger partial charge in [0, 0.05) is 6.92 Å². The quantitative estimate of drug-likeness (QED) is 0.208. The third-order valence-electron chi connectivity index (χ3n) is 1.68. The Balaban J connectivity index is 3.43. The molecule has 0 spiro atoms. The molecule has 0 amide bonds. The lowest BCUT2D eigenvalue weighted by molar-refractivity contribution is -0.140. The Labute approximate surface area is 78.5 Å². The summed E-state index contributed by atoms with van der Waals surface area (Å²) in [6.45, 7) is 3.94. The maximum absolute atomic E-state index is 10.9. The molecule has 13 heavy (non-hydrogen) atoms. The van der Waals surface area contributed by atoms with Crippen molar-refractivity contribution in [1.29, 1.82) is 0 Å². The van der Waals surface area contributed by atoms with Crippen molar-refractivity contribution in [2.75, 3.05) is 6.61 Å². The second-order valence-electron chi connectivity index (χ2n) is 2.88. The molecule has 4 nitrogen and oxygen atoms in total.